The predicted octanol–water partition coefficient (Wildman–Crippen LogP) is 10.2. The lowest BCUT2D eigenvalue weighted by molar-refractivity contribution is 0.669. The van der Waals surface area contributed by atoms with E-state index in [0.717, 1.165) is 17.6 Å². The van der Waals surface area contributed by atoms with Crippen LogP contribution in [0.4, 0.5) is 0 Å². The summed E-state index contributed by atoms with van der Waals surface area (Å²) < 4.78 is 5.65. The van der Waals surface area contributed by atoms with E-state index in [4.69, 9.17) is 4.42 Å². The number of fused-ring (bicyclic) bond motifs is 6. The van der Waals surface area contributed by atoms with Crippen molar-refractivity contribution in [2.24, 2.45) is 0 Å². The Labute approximate surface area is 222 Å². The van der Waals surface area contributed by atoms with Gasteiger partial charge in [-0.2, -0.15) is 0 Å². The third-order valence-corrected chi connectivity index (χ3v) is 7.39. The molecule has 6 aromatic carbocycles. The van der Waals surface area contributed by atoms with Gasteiger partial charge in [-0.3, -0.25) is 0 Å². The molecule has 7 aromatic rings. The molecule has 1 aromatic heterocycles. The Morgan fingerprint density at radius 1 is 0.395 bits per heavy atom. The summed E-state index contributed by atoms with van der Waals surface area (Å²) in [5.74, 6) is 0. The average Bonchev–Trinajstić information content (AvgIpc) is 3.56. The third-order valence-electron chi connectivity index (χ3n) is 7.39. The second-order valence-electron chi connectivity index (χ2n) is 9.71. The van der Waals surface area contributed by atoms with Crippen LogP contribution < -0.4 is 0 Å². The van der Waals surface area contributed by atoms with Crippen molar-refractivity contribution in [2.45, 2.75) is 6.42 Å². The molecule has 0 amide bonds. The van der Waals surface area contributed by atoms with Crippen molar-refractivity contribution in [3.05, 3.63) is 157 Å². The van der Waals surface area contributed by atoms with Crippen molar-refractivity contribution in [1.29, 1.82) is 0 Å². The molecular formula is C37H26O. The minimum absolute atomic E-state index is 0.962. The minimum atomic E-state index is 0.962. The Morgan fingerprint density at radius 2 is 1.00 bits per heavy atom. The van der Waals surface area contributed by atoms with Gasteiger partial charge in [0, 0.05) is 10.8 Å². The number of furan rings is 1. The van der Waals surface area contributed by atoms with E-state index < -0.39 is 0 Å². The molecule has 1 aliphatic rings. The lowest BCUT2D eigenvalue weighted by Crippen LogP contribution is -1.86. The van der Waals surface area contributed by atoms with Gasteiger partial charge in [0.2, 0.25) is 0 Å². The van der Waals surface area contributed by atoms with E-state index >= 15 is 0 Å². The third kappa shape index (κ3) is 3.99. The summed E-state index contributed by atoms with van der Waals surface area (Å²) in [6.45, 7) is 0. The second kappa shape index (κ2) is 9.53. The molecule has 0 saturated heterocycles. The van der Waals surface area contributed by atoms with Crippen LogP contribution >= 0.6 is 0 Å². The van der Waals surface area contributed by atoms with Gasteiger partial charge in [0.1, 0.15) is 11.2 Å². The Morgan fingerprint density at radius 3 is 1.68 bits per heavy atom. The van der Waals surface area contributed by atoms with Crippen LogP contribution in [0.5, 0.6) is 0 Å². The molecule has 1 aliphatic carbocycles. The molecule has 1 heteroatoms. The smallest absolute Gasteiger partial charge is 0.135 e. The highest BCUT2D eigenvalue weighted by atomic mass is 16.3. The van der Waals surface area contributed by atoms with Crippen molar-refractivity contribution >= 4 is 21.9 Å². The maximum atomic E-state index is 5.65. The SMILES string of the molecule is c1ccc(-c2ccc3c(c2)-c2c(cccc2-c2ccccc2)C3)cc1.c1ccc2c(c1)oc1ccccc12. The van der Waals surface area contributed by atoms with E-state index in [1.54, 1.807) is 0 Å². The van der Waals surface area contributed by atoms with E-state index in [0.29, 0.717) is 0 Å². The van der Waals surface area contributed by atoms with Crippen LogP contribution in [0.15, 0.2) is 150 Å². The number of hydrogen-bond acceptors (Lipinski definition) is 1. The van der Waals surface area contributed by atoms with Crippen molar-refractivity contribution in [2.75, 3.05) is 0 Å². The Balaban J connectivity index is 0.000000156. The van der Waals surface area contributed by atoms with E-state index in [1.807, 2.05) is 36.4 Å². The summed E-state index contributed by atoms with van der Waals surface area (Å²) in [4.78, 5) is 0. The first-order chi connectivity index (χ1) is 18.8. The summed E-state index contributed by atoms with van der Waals surface area (Å²) in [5, 5.41) is 2.39. The van der Waals surface area contributed by atoms with Crippen LogP contribution in [0.1, 0.15) is 11.1 Å². The highest BCUT2D eigenvalue weighted by Gasteiger charge is 2.22. The summed E-state index contributed by atoms with van der Waals surface area (Å²) in [5.41, 5.74) is 12.8. The number of rotatable bonds is 2. The molecule has 180 valence electrons. The largest absolute Gasteiger partial charge is 0.456 e. The summed E-state index contributed by atoms with van der Waals surface area (Å²) in [6.07, 6.45) is 1.03. The van der Waals surface area contributed by atoms with Crippen LogP contribution in [0.2, 0.25) is 0 Å². The summed E-state index contributed by atoms with van der Waals surface area (Å²) >= 11 is 0. The van der Waals surface area contributed by atoms with Gasteiger partial charge in [-0.25, -0.2) is 0 Å². The van der Waals surface area contributed by atoms with Gasteiger partial charge in [0.25, 0.3) is 0 Å². The van der Waals surface area contributed by atoms with E-state index in [9.17, 15) is 0 Å². The lowest BCUT2D eigenvalue weighted by Gasteiger charge is -2.11. The second-order valence-corrected chi connectivity index (χ2v) is 9.71. The molecule has 0 radical (unpaired) electrons. The Bertz CT molecular complexity index is 1830. The van der Waals surface area contributed by atoms with Crippen LogP contribution in [0.25, 0.3) is 55.3 Å². The van der Waals surface area contributed by atoms with E-state index in [2.05, 4.69) is 109 Å². The van der Waals surface area contributed by atoms with Crippen LogP contribution in [-0.2, 0) is 6.42 Å². The molecule has 0 aliphatic heterocycles. The van der Waals surface area contributed by atoms with Gasteiger partial charge in [0.15, 0.2) is 0 Å². The highest BCUT2D eigenvalue weighted by molar-refractivity contribution is 6.04. The number of para-hydroxylation sites is 2. The number of hydrogen-bond donors (Lipinski definition) is 0. The van der Waals surface area contributed by atoms with Gasteiger partial charge in [-0.15, -0.1) is 0 Å². The minimum Gasteiger partial charge on any atom is -0.456 e. The predicted molar refractivity (Wildman–Crippen MR) is 159 cm³/mol. The molecule has 8 rings (SSSR count). The molecule has 0 unspecified atom stereocenters. The van der Waals surface area contributed by atoms with E-state index in [-0.39, 0.29) is 0 Å². The summed E-state index contributed by atoms with van der Waals surface area (Å²) in [6, 6.07) is 51.2. The number of benzene rings is 6. The zero-order valence-electron chi connectivity index (χ0n) is 21.0. The maximum Gasteiger partial charge on any atom is 0.135 e. The summed E-state index contributed by atoms with van der Waals surface area (Å²) in [7, 11) is 0. The van der Waals surface area contributed by atoms with Gasteiger partial charge in [-0.05, 0) is 69.1 Å². The monoisotopic (exact) mass is 486 g/mol. The maximum absolute atomic E-state index is 5.65. The first-order valence-corrected chi connectivity index (χ1v) is 13.1. The Hall–Kier alpha value is -4.88. The van der Waals surface area contributed by atoms with Gasteiger partial charge >= 0.3 is 0 Å². The van der Waals surface area contributed by atoms with Gasteiger partial charge in [-0.1, -0.05) is 127 Å². The highest BCUT2D eigenvalue weighted by Crippen LogP contribution is 2.44. The molecular weight excluding hydrogens is 460 g/mol. The van der Waals surface area contributed by atoms with Crippen molar-refractivity contribution < 1.29 is 4.42 Å². The van der Waals surface area contributed by atoms with E-state index in [1.165, 1.54) is 55.3 Å². The zero-order chi connectivity index (χ0) is 25.3. The van der Waals surface area contributed by atoms with Crippen molar-refractivity contribution in [3.63, 3.8) is 0 Å². The quantitative estimate of drug-likeness (QED) is 0.237. The van der Waals surface area contributed by atoms with Gasteiger partial charge < -0.3 is 4.42 Å². The topological polar surface area (TPSA) is 13.1 Å². The van der Waals surface area contributed by atoms with Gasteiger partial charge in [0.05, 0.1) is 0 Å². The normalized spacial score (nSPS) is 11.6. The molecule has 0 spiro atoms. The first-order valence-electron chi connectivity index (χ1n) is 13.1. The molecule has 1 heterocycles. The molecule has 0 N–H and O–H groups in total. The van der Waals surface area contributed by atoms with Crippen LogP contribution in [0.3, 0.4) is 0 Å². The zero-order valence-corrected chi connectivity index (χ0v) is 21.0. The average molecular weight is 487 g/mol. The fourth-order valence-electron chi connectivity index (χ4n) is 5.58. The standard InChI is InChI=1S/C25H18.C12H8O/c1-3-8-18(9-4-1)20-14-15-21-16-22-12-7-13-23(25(22)24(21)17-20)19-10-5-2-6-11-19;1-3-7-11-9(5-1)10-6-2-4-8-12(10)13-11/h1-15,17H,16H2;1-8H. The van der Waals surface area contributed by atoms with Crippen LogP contribution in [0, 0.1) is 0 Å². The molecule has 0 bridgehead atoms. The van der Waals surface area contributed by atoms with Crippen molar-refractivity contribution in [3.8, 4) is 33.4 Å². The molecule has 0 atom stereocenters. The first kappa shape index (κ1) is 22.3. The van der Waals surface area contributed by atoms with Crippen LogP contribution in [-0.4, -0.2) is 0 Å². The molecule has 38 heavy (non-hydrogen) atoms. The molecule has 0 fully saturated rings. The Kier molecular flexibility index (Phi) is 5.60. The fraction of sp³-hybridized carbons (Fsp3) is 0.0270. The molecule has 1 nitrogen and oxygen atoms in total. The lowest BCUT2D eigenvalue weighted by atomic mass is 9.93. The van der Waals surface area contributed by atoms with Crippen molar-refractivity contribution in [1.82, 2.24) is 0 Å². The fourth-order valence-corrected chi connectivity index (χ4v) is 5.58. The molecule has 0 saturated carbocycles.